The average molecular weight is 433 g/mol. The van der Waals surface area contributed by atoms with Gasteiger partial charge < -0.3 is 10.6 Å². The van der Waals surface area contributed by atoms with Crippen LogP contribution in [0.3, 0.4) is 0 Å². The lowest BCUT2D eigenvalue weighted by Crippen LogP contribution is -2.37. The first-order valence-corrected chi connectivity index (χ1v) is 9.52. The second kappa shape index (κ2) is 9.36. The maximum absolute atomic E-state index is 13.4. The number of hydrogen-bond acceptors (Lipinski definition) is 3. The quantitative estimate of drug-likeness (QED) is 0.650. The van der Waals surface area contributed by atoms with E-state index in [1.54, 1.807) is 35.1 Å². The number of amides is 1. The molecule has 4 rings (SSSR count). The van der Waals surface area contributed by atoms with Gasteiger partial charge in [0.2, 0.25) is 5.91 Å². The van der Waals surface area contributed by atoms with Gasteiger partial charge in [-0.15, -0.1) is 12.4 Å². The Morgan fingerprint density at radius 3 is 2.13 bits per heavy atom. The van der Waals surface area contributed by atoms with Crippen LogP contribution in [0, 0.1) is 17.6 Å². The Balaban J connectivity index is 0.00000256. The number of benzene rings is 2. The molecular weight excluding hydrogens is 410 g/mol. The predicted molar refractivity (Wildman–Crippen MR) is 112 cm³/mol. The first-order valence-electron chi connectivity index (χ1n) is 9.52. The highest BCUT2D eigenvalue weighted by molar-refractivity contribution is 5.85. The van der Waals surface area contributed by atoms with Crippen molar-refractivity contribution in [2.75, 3.05) is 13.1 Å². The highest BCUT2D eigenvalue weighted by Gasteiger charge is 2.35. The van der Waals surface area contributed by atoms with Crippen molar-refractivity contribution < 1.29 is 13.6 Å². The molecule has 0 bridgehead atoms. The van der Waals surface area contributed by atoms with Crippen LogP contribution in [-0.4, -0.2) is 28.8 Å². The van der Waals surface area contributed by atoms with Crippen molar-refractivity contribution in [3.63, 3.8) is 0 Å². The summed E-state index contributed by atoms with van der Waals surface area (Å²) in [6, 6.07) is 11.5. The van der Waals surface area contributed by atoms with Crippen molar-refractivity contribution in [3.05, 3.63) is 89.2 Å². The second-order valence-corrected chi connectivity index (χ2v) is 7.36. The van der Waals surface area contributed by atoms with E-state index < -0.39 is 6.04 Å². The molecule has 2 aromatic carbocycles. The fraction of sp³-hybridized carbons (Fsp3) is 0.273. The lowest BCUT2D eigenvalue weighted by Gasteiger charge is -2.24. The summed E-state index contributed by atoms with van der Waals surface area (Å²) >= 11 is 0. The summed E-state index contributed by atoms with van der Waals surface area (Å²) in [5.74, 6) is -1.06. The first kappa shape index (κ1) is 21.9. The molecule has 2 heterocycles. The van der Waals surface area contributed by atoms with E-state index in [2.05, 4.69) is 15.7 Å². The molecule has 0 aliphatic carbocycles. The summed E-state index contributed by atoms with van der Waals surface area (Å²) in [7, 11) is 1.85. The zero-order valence-electron chi connectivity index (χ0n) is 16.4. The van der Waals surface area contributed by atoms with Crippen molar-refractivity contribution in [2.24, 2.45) is 13.0 Å². The van der Waals surface area contributed by atoms with E-state index in [1.807, 2.05) is 13.2 Å². The van der Waals surface area contributed by atoms with E-state index >= 15 is 0 Å². The third-order valence-electron chi connectivity index (χ3n) is 5.40. The van der Waals surface area contributed by atoms with Crippen LogP contribution in [0.4, 0.5) is 8.78 Å². The minimum Gasteiger partial charge on any atom is -0.345 e. The van der Waals surface area contributed by atoms with Gasteiger partial charge in [0.05, 0.1) is 18.2 Å². The molecule has 1 aliphatic rings. The molecule has 8 heteroatoms. The SMILES string of the molecule is Cl.Cn1cc([C@H]2CNC[C@@H]2C(=O)NC(c2ccc(F)cc2)c2ccc(F)cc2)cn1. The zero-order valence-corrected chi connectivity index (χ0v) is 17.2. The van der Waals surface area contributed by atoms with Crippen molar-refractivity contribution in [2.45, 2.75) is 12.0 Å². The van der Waals surface area contributed by atoms with Gasteiger partial charge in [-0.2, -0.15) is 5.10 Å². The zero-order chi connectivity index (χ0) is 20.4. The maximum atomic E-state index is 13.4. The summed E-state index contributed by atoms with van der Waals surface area (Å²) < 4.78 is 28.5. The molecule has 5 nitrogen and oxygen atoms in total. The van der Waals surface area contributed by atoms with Crippen LogP contribution in [0.5, 0.6) is 0 Å². The number of nitrogens with zero attached hydrogens (tertiary/aromatic N) is 2. The minimum atomic E-state index is -0.501. The van der Waals surface area contributed by atoms with Gasteiger partial charge in [0.15, 0.2) is 0 Å². The van der Waals surface area contributed by atoms with Gasteiger partial charge in [0, 0.05) is 32.3 Å². The number of carbonyl (C=O) groups excluding carboxylic acids is 1. The molecule has 3 aromatic rings. The van der Waals surface area contributed by atoms with Crippen molar-refractivity contribution >= 4 is 18.3 Å². The molecule has 0 spiro atoms. The molecule has 1 amide bonds. The largest absolute Gasteiger partial charge is 0.345 e. The van der Waals surface area contributed by atoms with E-state index in [-0.39, 0.29) is 41.8 Å². The van der Waals surface area contributed by atoms with Gasteiger partial charge in [-0.05, 0) is 41.0 Å². The van der Waals surface area contributed by atoms with Gasteiger partial charge in [-0.1, -0.05) is 24.3 Å². The number of rotatable bonds is 5. The third-order valence-corrected chi connectivity index (χ3v) is 5.40. The smallest absolute Gasteiger partial charge is 0.225 e. The molecule has 1 aliphatic heterocycles. The van der Waals surface area contributed by atoms with Crippen molar-refractivity contribution in [1.82, 2.24) is 20.4 Å². The van der Waals surface area contributed by atoms with Gasteiger partial charge in [0.1, 0.15) is 11.6 Å². The summed E-state index contributed by atoms with van der Waals surface area (Å²) in [5.41, 5.74) is 2.48. The Kier molecular flexibility index (Phi) is 6.84. The summed E-state index contributed by atoms with van der Waals surface area (Å²) in [4.78, 5) is 13.2. The molecule has 30 heavy (non-hydrogen) atoms. The Labute approximate surface area is 179 Å². The lowest BCUT2D eigenvalue weighted by atomic mass is 9.89. The minimum absolute atomic E-state index is 0. The van der Waals surface area contributed by atoms with E-state index in [0.29, 0.717) is 13.1 Å². The fourth-order valence-electron chi connectivity index (χ4n) is 3.85. The maximum Gasteiger partial charge on any atom is 0.225 e. The normalized spacial score (nSPS) is 18.3. The first-order chi connectivity index (χ1) is 14.0. The van der Waals surface area contributed by atoms with Crippen LogP contribution in [0.15, 0.2) is 60.9 Å². The Hall–Kier alpha value is -2.77. The highest BCUT2D eigenvalue weighted by Crippen LogP contribution is 2.30. The Morgan fingerprint density at radius 1 is 1.07 bits per heavy atom. The number of halogens is 3. The van der Waals surface area contributed by atoms with Crippen LogP contribution in [0.1, 0.15) is 28.7 Å². The second-order valence-electron chi connectivity index (χ2n) is 7.36. The highest BCUT2D eigenvalue weighted by atomic mass is 35.5. The number of aryl methyl sites for hydroxylation is 1. The summed E-state index contributed by atoms with van der Waals surface area (Å²) in [6.07, 6.45) is 3.71. The molecular formula is C22H23ClF2N4O. The molecule has 1 aromatic heterocycles. The molecule has 1 fully saturated rings. The van der Waals surface area contributed by atoms with Gasteiger partial charge in [-0.3, -0.25) is 9.48 Å². The third kappa shape index (κ3) is 4.68. The molecule has 2 N–H and O–H groups in total. The van der Waals surface area contributed by atoms with E-state index in [4.69, 9.17) is 0 Å². The van der Waals surface area contributed by atoms with Gasteiger partial charge in [0.25, 0.3) is 0 Å². The predicted octanol–water partition coefficient (Wildman–Crippen LogP) is 3.33. The van der Waals surface area contributed by atoms with Crippen molar-refractivity contribution in [1.29, 1.82) is 0 Å². The van der Waals surface area contributed by atoms with E-state index in [9.17, 15) is 13.6 Å². The van der Waals surface area contributed by atoms with E-state index in [0.717, 1.165) is 16.7 Å². The van der Waals surface area contributed by atoms with Crippen LogP contribution in [-0.2, 0) is 11.8 Å². The lowest BCUT2D eigenvalue weighted by molar-refractivity contribution is -0.125. The Morgan fingerprint density at radius 2 is 1.63 bits per heavy atom. The monoisotopic (exact) mass is 432 g/mol. The van der Waals surface area contributed by atoms with Crippen LogP contribution in [0.25, 0.3) is 0 Å². The van der Waals surface area contributed by atoms with Crippen LogP contribution >= 0.6 is 12.4 Å². The van der Waals surface area contributed by atoms with Gasteiger partial charge in [-0.25, -0.2) is 8.78 Å². The van der Waals surface area contributed by atoms with Crippen LogP contribution < -0.4 is 10.6 Å². The summed E-state index contributed by atoms with van der Waals surface area (Å²) in [6.45, 7) is 1.26. The molecule has 0 saturated carbocycles. The molecule has 158 valence electrons. The van der Waals surface area contributed by atoms with Gasteiger partial charge >= 0.3 is 0 Å². The number of aromatic nitrogens is 2. The fourth-order valence-corrected chi connectivity index (χ4v) is 3.85. The standard InChI is InChI=1S/C22H22F2N4O.ClH/c1-28-13-16(10-26-28)19-11-25-12-20(19)22(29)27-21(14-2-6-17(23)7-3-14)15-4-8-18(24)9-5-15;/h2-10,13,19-21,25H,11-12H2,1H3,(H,27,29);1H/t19-,20+;/m1./s1. The molecule has 0 unspecified atom stereocenters. The number of nitrogens with one attached hydrogen (secondary N) is 2. The topological polar surface area (TPSA) is 59.0 Å². The summed E-state index contributed by atoms with van der Waals surface area (Å²) in [5, 5.41) is 10.6. The van der Waals surface area contributed by atoms with E-state index in [1.165, 1.54) is 24.3 Å². The average Bonchev–Trinajstić information content (AvgIpc) is 3.36. The Bertz CT molecular complexity index is 946. The van der Waals surface area contributed by atoms with Crippen LogP contribution in [0.2, 0.25) is 0 Å². The molecule has 0 radical (unpaired) electrons. The molecule has 1 saturated heterocycles. The number of hydrogen-bond donors (Lipinski definition) is 2. The van der Waals surface area contributed by atoms with Crippen molar-refractivity contribution in [3.8, 4) is 0 Å². The molecule has 2 atom stereocenters. The number of carbonyl (C=O) groups is 1.